The van der Waals surface area contributed by atoms with Crippen LogP contribution in [0, 0.1) is 18.3 Å². The van der Waals surface area contributed by atoms with Crippen molar-refractivity contribution >= 4 is 27.6 Å². The van der Waals surface area contributed by atoms with Crippen molar-refractivity contribution in [1.82, 2.24) is 9.38 Å². The molecular formula is C15H15N3S2. The number of rotatable bonds is 3. The third-order valence-electron chi connectivity index (χ3n) is 3.32. The number of aromatic nitrogens is 2. The first-order valence-electron chi connectivity index (χ1n) is 6.55. The maximum absolute atomic E-state index is 9.15. The van der Waals surface area contributed by atoms with Gasteiger partial charge in [0.2, 0.25) is 0 Å². The predicted octanol–water partition coefficient (Wildman–Crippen LogP) is 4.62. The summed E-state index contributed by atoms with van der Waals surface area (Å²) in [5.74, 6) is 0.335. The van der Waals surface area contributed by atoms with Gasteiger partial charge in [-0.3, -0.25) is 4.40 Å². The van der Waals surface area contributed by atoms with E-state index in [-0.39, 0.29) is 0 Å². The van der Waals surface area contributed by atoms with Gasteiger partial charge in [0.15, 0.2) is 4.96 Å². The van der Waals surface area contributed by atoms with E-state index in [9.17, 15) is 0 Å². The summed E-state index contributed by atoms with van der Waals surface area (Å²) in [4.78, 5) is 8.25. The zero-order chi connectivity index (χ0) is 14.3. The summed E-state index contributed by atoms with van der Waals surface area (Å²) >= 11 is 3.43. The molecule has 0 aromatic carbocycles. The average Bonchev–Trinajstić information content (AvgIpc) is 3.06. The van der Waals surface area contributed by atoms with Gasteiger partial charge in [-0.05, 0) is 24.3 Å². The van der Waals surface area contributed by atoms with Gasteiger partial charge < -0.3 is 0 Å². The molecule has 3 aromatic rings. The number of imidazole rings is 1. The first-order valence-corrected chi connectivity index (χ1v) is 8.24. The van der Waals surface area contributed by atoms with E-state index in [1.54, 1.807) is 22.7 Å². The van der Waals surface area contributed by atoms with Crippen molar-refractivity contribution in [3.63, 3.8) is 0 Å². The van der Waals surface area contributed by atoms with E-state index in [2.05, 4.69) is 48.8 Å². The SMILES string of the molecule is Cc1sc2nc(C(C)C)c(CC#N)n2c1-c1cccs1. The van der Waals surface area contributed by atoms with Crippen LogP contribution in [0.15, 0.2) is 17.5 Å². The van der Waals surface area contributed by atoms with E-state index < -0.39 is 0 Å². The molecule has 0 N–H and O–H groups in total. The molecule has 0 fully saturated rings. The molecule has 0 aliphatic rings. The normalized spacial score (nSPS) is 11.3. The monoisotopic (exact) mass is 301 g/mol. The largest absolute Gasteiger partial charge is 0.285 e. The molecule has 3 nitrogen and oxygen atoms in total. The van der Waals surface area contributed by atoms with Crippen LogP contribution in [0.3, 0.4) is 0 Å². The van der Waals surface area contributed by atoms with Crippen molar-refractivity contribution in [3.05, 3.63) is 33.8 Å². The number of thiazole rings is 1. The number of nitriles is 1. The van der Waals surface area contributed by atoms with E-state index in [4.69, 9.17) is 10.2 Å². The van der Waals surface area contributed by atoms with E-state index in [0.29, 0.717) is 12.3 Å². The maximum Gasteiger partial charge on any atom is 0.194 e. The first-order chi connectivity index (χ1) is 9.63. The summed E-state index contributed by atoms with van der Waals surface area (Å²) in [6, 6.07) is 6.48. The molecule has 5 heteroatoms. The Bertz CT molecular complexity index is 785. The van der Waals surface area contributed by atoms with E-state index >= 15 is 0 Å². The zero-order valence-electron chi connectivity index (χ0n) is 11.7. The standard InChI is InChI=1S/C15H15N3S2/c1-9(2)13-11(6-7-16)18-14(12-5-4-8-19-12)10(3)20-15(18)17-13/h4-5,8-9H,6H2,1-3H3. The number of hydrogen-bond acceptors (Lipinski definition) is 4. The molecule has 0 atom stereocenters. The van der Waals surface area contributed by atoms with Crippen LogP contribution in [0.1, 0.15) is 36.0 Å². The highest BCUT2D eigenvalue weighted by Crippen LogP contribution is 2.36. The molecule has 20 heavy (non-hydrogen) atoms. The van der Waals surface area contributed by atoms with Crippen LogP contribution in [0.2, 0.25) is 0 Å². The molecule has 3 aromatic heterocycles. The Hall–Kier alpha value is -1.64. The summed E-state index contributed by atoms with van der Waals surface area (Å²) in [6.45, 7) is 6.38. The van der Waals surface area contributed by atoms with Crippen LogP contribution in [-0.4, -0.2) is 9.38 Å². The molecule has 0 spiro atoms. The van der Waals surface area contributed by atoms with Crippen molar-refractivity contribution in [2.24, 2.45) is 0 Å². The molecule has 0 bridgehead atoms. The van der Waals surface area contributed by atoms with Crippen molar-refractivity contribution < 1.29 is 0 Å². The molecule has 0 saturated carbocycles. The smallest absolute Gasteiger partial charge is 0.194 e. The second kappa shape index (κ2) is 5.04. The fourth-order valence-electron chi connectivity index (χ4n) is 2.49. The molecular weight excluding hydrogens is 286 g/mol. The lowest BCUT2D eigenvalue weighted by Gasteiger charge is -2.06. The molecule has 0 aliphatic heterocycles. The third-order valence-corrected chi connectivity index (χ3v) is 5.15. The fourth-order valence-corrected chi connectivity index (χ4v) is 4.38. The lowest BCUT2D eigenvalue weighted by atomic mass is 10.1. The summed E-state index contributed by atoms with van der Waals surface area (Å²) in [5, 5.41) is 11.2. The van der Waals surface area contributed by atoms with Gasteiger partial charge in [0.1, 0.15) is 0 Å². The Labute approximate surface area is 126 Å². The van der Waals surface area contributed by atoms with Gasteiger partial charge in [-0.25, -0.2) is 4.98 Å². The lowest BCUT2D eigenvalue weighted by Crippen LogP contribution is -1.99. The van der Waals surface area contributed by atoms with Crippen LogP contribution in [0.4, 0.5) is 0 Å². The third kappa shape index (κ3) is 1.96. The second-order valence-corrected chi connectivity index (χ2v) is 7.16. The molecule has 0 unspecified atom stereocenters. The van der Waals surface area contributed by atoms with Crippen LogP contribution >= 0.6 is 22.7 Å². The lowest BCUT2D eigenvalue weighted by molar-refractivity contribution is 0.814. The van der Waals surface area contributed by atoms with Crippen molar-refractivity contribution in [1.29, 1.82) is 5.26 Å². The number of hydrogen-bond donors (Lipinski definition) is 0. The highest BCUT2D eigenvalue weighted by molar-refractivity contribution is 7.18. The van der Waals surface area contributed by atoms with Crippen LogP contribution in [0.5, 0.6) is 0 Å². The molecule has 0 radical (unpaired) electrons. The topological polar surface area (TPSA) is 41.1 Å². The molecule has 3 heterocycles. The molecule has 0 saturated heterocycles. The van der Waals surface area contributed by atoms with E-state index in [0.717, 1.165) is 16.3 Å². The molecule has 0 aliphatic carbocycles. The second-order valence-electron chi connectivity index (χ2n) is 5.04. The average molecular weight is 301 g/mol. The number of nitrogens with zero attached hydrogens (tertiary/aromatic N) is 3. The molecule has 102 valence electrons. The zero-order valence-corrected chi connectivity index (χ0v) is 13.3. The molecule has 3 rings (SSSR count). The Morgan fingerprint density at radius 1 is 1.45 bits per heavy atom. The van der Waals surface area contributed by atoms with Gasteiger partial charge in [0.05, 0.1) is 34.4 Å². The van der Waals surface area contributed by atoms with Gasteiger partial charge >= 0.3 is 0 Å². The van der Waals surface area contributed by atoms with E-state index in [1.165, 1.54) is 15.4 Å². The van der Waals surface area contributed by atoms with Gasteiger partial charge in [-0.1, -0.05) is 19.9 Å². The maximum atomic E-state index is 9.15. The highest BCUT2D eigenvalue weighted by Gasteiger charge is 2.21. The molecule has 0 amide bonds. The minimum absolute atomic E-state index is 0.335. The predicted molar refractivity (Wildman–Crippen MR) is 84.5 cm³/mol. The van der Waals surface area contributed by atoms with Crippen molar-refractivity contribution in [2.75, 3.05) is 0 Å². The van der Waals surface area contributed by atoms with Crippen LogP contribution in [0.25, 0.3) is 15.5 Å². The summed E-state index contributed by atoms with van der Waals surface area (Å²) in [7, 11) is 0. The quantitative estimate of drug-likeness (QED) is 0.708. The van der Waals surface area contributed by atoms with Gasteiger partial charge in [0, 0.05) is 4.88 Å². The number of fused-ring (bicyclic) bond motifs is 1. The minimum atomic E-state index is 0.335. The Morgan fingerprint density at radius 3 is 2.85 bits per heavy atom. The highest BCUT2D eigenvalue weighted by atomic mass is 32.1. The minimum Gasteiger partial charge on any atom is -0.285 e. The summed E-state index contributed by atoms with van der Waals surface area (Å²) in [6.07, 6.45) is 0.406. The van der Waals surface area contributed by atoms with Crippen LogP contribution in [-0.2, 0) is 6.42 Å². The van der Waals surface area contributed by atoms with Gasteiger partial charge in [-0.15, -0.1) is 22.7 Å². The fraction of sp³-hybridized carbons (Fsp3) is 0.333. The Balaban J connectivity index is 2.35. The number of thiophene rings is 1. The van der Waals surface area contributed by atoms with Crippen molar-refractivity contribution in [2.45, 2.75) is 33.1 Å². The Kier molecular flexibility index (Phi) is 3.36. The number of aryl methyl sites for hydroxylation is 1. The van der Waals surface area contributed by atoms with E-state index in [1.807, 2.05) is 0 Å². The Morgan fingerprint density at radius 2 is 2.25 bits per heavy atom. The van der Waals surface area contributed by atoms with Crippen LogP contribution < -0.4 is 0 Å². The summed E-state index contributed by atoms with van der Waals surface area (Å²) < 4.78 is 2.18. The first kappa shape index (κ1) is 13.3. The summed E-state index contributed by atoms with van der Waals surface area (Å²) in [5.41, 5.74) is 3.30. The van der Waals surface area contributed by atoms with Gasteiger partial charge in [0.25, 0.3) is 0 Å². The van der Waals surface area contributed by atoms with Gasteiger partial charge in [-0.2, -0.15) is 5.26 Å². The van der Waals surface area contributed by atoms with Crippen molar-refractivity contribution in [3.8, 4) is 16.6 Å².